The highest BCUT2D eigenvalue weighted by atomic mass is 79.9. The third-order valence-corrected chi connectivity index (χ3v) is 10.8. The van der Waals surface area contributed by atoms with E-state index in [4.69, 9.17) is 18.9 Å². The Hall–Kier alpha value is -4.26. The Bertz CT molecular complexity index is 2030. The standard InChI is InChI=1S/C50H60BrNO4/c1-6-22-53-47-38-18-14-20-40(47)29-42-26-37(35-52(10-5)34-36-16-12-11-13-17-36)27-43(49(42)55-24-8-3)31-45-33-46(51)32-44(50(45)56-25-9-4)30-41-21-15-19-39(28-38)48(41)54-23-7-2/h11-21,26-27,32-33H,6-10,22-25,28-31,34-35H2,1-5H3. The minimum Gasteiger partial charge on any atom is -0.493 e. The van der Waals surface area contributed by atoms with Crippen LogP contribution >= 0.6 is 15.9 Å². The zero-order valence-corrected chi connectivity index (χ0v) is 35.8. The molecular formula is C50H60BrNO4. The molecule has 0 radical (unpaired) electrons. The van der Waals surface area contributed by atoms with E-state index in [1.165, 1.54) is 38.9 Å². The average molecular weight is 819 g/mol. The first-order valence-electron chi connectivity index (χ1n) is 20.9. The highest BCUT2D eigenvalue weighted by Crippen LogP contribution is 2.40. The molecule has 5 nitrogen and oxygen atoms in total. The van der Waals surface area contributed by atoms with Crippen LogP contribution in [0.2, 0.25) is 0 Å². The topological polar surface area (TPSA) is 40.2 Å². The SMILES string of the molecule is CCCOc1c2cccc1Cc1cc(Br)cc(c1OCCC)Cc1cc(CN(CC)Cc3ccccc3)cc(c1OCCC)Cc1cccc(c1OCCC)C2. The van der Waals surface area contributed by atoms with Crippen LogP contribution in [-0.2, 0) is 38.8 Å². The number of nitrogens with zero attached hydrogens (tertiary/aromatic N) is 1. The fourth-order valence-corrected chi connectivity index (χ4v) is 8.30. The number of halogens is 1. The molecule has 296 valence electrons. The summed E-state index contributed by atoms with van der Waals surface area (Å²) in [6.45, 7) is 16.2. The molecule has 8 bridgehead atoms. The van der Waals surface area contributed by atoms with Crippen molar-refractivity contribution in [1.82, 2.24) is 4.90 Å². The van der Waals surface area contributed by atoms with E-state index in [2.05, 4.69) is 146 Å². The Labute approximate surface area is 344 Å². The summed E-state index contributed by atoms with van der Waals surface area (Å²) >= 11 is 3.93. The highest BCUT2D eigenvalue weighted by molar-refractivity contribution is 9.10. The smallest absolute Gasteiger partial charge is 0.126 e. The minimum atomic E-state index is 0.644. The van der Waals surface area contributed by atoms with E-state index < -0.39 is 0 Å². The van der Waals surface area contributed by atoms with Gasteiger partial charge in [-0.15, -0.1) is 0 Å². The third-order valence-electron chi connectivity index (χ3n) is 10.3. The molecule has 6 rings (SSSR count). The number of benzene rings is 5. The van der Waals surface area contributed by atoms with E-state index >= 15 is 0 Å². The van der Waals surface area contributed by atoms with Crippen molar-refractivity contribution >= 4 is 15.9 Å². The van der Waals surface area contributed by atoms with Crippen LogP contribution in [0.15, 0.2) is 95.5 Å². The van der Waals surface area contributed by atoms with E-state index in [0.717, 1.165) is 89.5 Å². The number of ether oxygens (including phenoxy) is 4. The molecule has 0 aliphatic heterocycles. The quantitative estimate of drug-likeness (QED) is 0.0917. The first kappa shape index (κ1) is 41.4. The Balaban J connectivity index is 1.59. The van der Waals surface area contributed by atoms with Gasteiger partial charge in [0.15, 0.2) is 0 Å². The van der Waals surface area contributed by atoms with Crippen molar-refractivity contribution in [2.75, 3.05) is 33.0 Å². The van der Waals surface area contributed by atoms with Crippen LogP contribution < -0.4 is 18.9 Å². The van der Waals surface area contributed by atoms with Gasteiger partial charge < -0.3 is 18.9 Å². The van der Waals surface area contributed by atoms with Crippen molar-refractivity contribution in [1.29, 1.82) is 0 Å². The van der Waals surface area contributed by atoms with Gasteiger partial charge in [0.25, 0.3) is 0 Å². The van der Waals surface area contributed by atoms with Crippen LogP contribution in [0.4, 0.5) is 0 Å². The van der Waals surface area contributed by atoms with Gasteiger partial charge in [-0.05, 0) is 88.9 Å². The van der Waals surface area contributed by atoms with Gasteiger partial charge in [0, 0.05) is 54.4 Å². The summed E-state index contributed by atoms with van der Waals surface area (Å²) in [4.78, 5) is 2.52. The van der Waals surface area contributed by atoms with E-state index in [1.54, 1.807) is 0 Å². The molecule has 56 heavy (non-hydrogen) atoms. The molecule has 0 N–H and O–H groups in total. The Morgan fingerprint density at radius 1 is 0.429 bits per heavy atom. The second-order valence-electron chi connectivity index (χ2n) is 15.0. The molecule has 0 atom stereocenters. The zero-order chi connectivity index (χ0) is 39.3. The summed E-state index contributed by atoms with van der Waals surface area (Å²) in [5, 5.41) is 0. The Morgan fingerprint density at radius 2 is 0.786 bits per heavy atom. The molecule has 0 aromatic heterocycles. The maximum Gasteiger partial charge on any atom is 0.126 e. The van der Waals surface area contributed by atoms with Crippen molar-refractivity contribution < 1.29 is 18.9 Å². The van der Waals surface area contributed by atoms with Crippen molar-refractivity contribution in [3.63, 3.8) is 0 Å². The summed E-state index contributed by atoms with van der Waals surface area (Å²) in [6.07, 6.45) is 6.48. The highest BCUT2D eigenvalue weighted by Gasteiger charge is 2.23. The van der Waals surface area contributed by atoms with Crippen molar-refractivity contribution in [2.45, 2.75) is 99.1 Å². The molecule has 0 unspecified atom stereocenters. The summed E-state index contributed by atoms with van der Waals surface area (Å²) < 4.78 is 28.0. The van der Waals surface area contributed by atoms with Crippen LogP contribution in [0.5, 0.6) is 23.0 Å². The first-order chi connectivity index (χ1) is 27.4. The van der Waals surface area contributed by atoms with Gasteiger partial charge in [-0.2, -0.15) is 0 Å². The van der Waals surface area contributed by atoms with E-state index in [-0.39, 0.29) is 0 Å². The summed E-state index contributed by atoms with van der Waals surface area (Å²) in [5.41, 5.74) is 11.9. The molecule has 1 aliphatic rings. The van der Waals surface area contributed by atoms with Crippen molar-refractivity contribution in [2.24, 2.45) is 0 Å². The number of rotatable bonds is 17. The van der Waals surface area contributed by atoms with Gasteiger partial charge in [0.1, 0.15) is 23.0 Å². The van der Waals surface area contributed by atoms with Crippen LogP contribution in [0.1, 0.15) is 116 Å². The number of hydrogen-bond acceptors (Lipinski definition) is 5. The molecule has 0 fully saturated rings. The van der Waals surface area contributed by atoms with Crippen molar-refractivity contribution in [3.05, 3.63) is 151 Å². The van der Waals surface area contributed by atoms with Crippen LogP contribution in [0.3, 0.4) is 0 Å². The minimum absolute atomic E-state index is 0.644. The van der Waals surface area contributed by atoms with Crippen LogP contribution in [-0.4, -0.2) is 37.9 Å². The lowest BCUT2D eigenvalue weighted by atomic mass is 9.90. The zero-order valence-electron chi connectivity index (χ0n) is 34.2. The molecule has 5 aromatic rings. The average Bonchev–Trinajstić information content (AvgIpc) is 3.19. The van der Waals surface area contributed by atoms with E-state index in [0.29, 0.717) is 52.1 Å². The van der Waals surface area contributed by atoms with Gasteiger partial charge >= 0.3 is 0 Å². The number of hydrogen-bond donors (Lipinski definition) is 0. The number of fused-ring (bicyclic) bond motifs is 8. The van der Waals surface area contributed by atoms with Crippen LogP contribution in [0.25, 0.3) is 0 Å². The Kier molecular flexibility index (Phi) is 15.3. The predicted octanol–water partition coefficient (Wildman–Crippen LogP) is 12.3. The molecule has 1 aliphatic carbocycles. The maximum absolute atomic E-state index is 6.82. The molecule has 6 heteroatoms. The van der Waals surface area contributed by atoms with Gasteiger partial charge in [-0.3, -0.25) is 4.90 Å². The molecular weight excluding hydrogens is 758 g/mol. The van der Waals surface area contributed by atoms with Gasteiger partial charge in [0.05, 0.1) is 26.4 Å². The molecule has 0 saturated carbocycles. The molecule has 0 spiro atoms. The van der Waals surface area contributed by atoms with Gasteiger partial charge in [-0.25, -0.2) is 0 Å². The molecule has 5 aromatic carbocycles. The Morgan fingerprint density at radius 3 is 1.20 bits per heavy atom. The fourth-order valence-electron chi connectivity index (χ4n) is 7.75. The molecule has 0 saturated heterocycles. The third kappa shape index (κ3) is 10.6. The molecule has 0 heterocycles. The summed E-state index contributed by atoms with van der Waals surface area (Å²) in [7, 11) is 0. The van der Waals surface area contributed by atoms with Gasteiger partial charge in [-0.1, -0.05) is 129 Å². The fraction of sp³-hybridized carbons (Fsp3) is 0.400. The first-order valence-corrected chi connectivity index (χ1v) is 21.7. The van der Waals surface area contributed by atoms with Gasteiger partial charge in [0.2, 0.25) is 0 Å². The predicted molar refractivity (Wildman–Crippen MR) is 234 cm³/mol. The van der Waals surface area contributed by atoms with E-state index in [1.807, 2.05) is 0 Å². The van der Waals surface area contributed by atoms with Crippen LogP contribution in [0, 0.1) is 0 Å². The monoisotopic (exact) mass is 817 g/mol. The lowest BCUT2D eigenvalue weighted by Crippen LogP contribution is -2.22. The lowest BCUT2D eigenvalue weighted by Gasteiger charge is -2.25. The summed E-state index contributed by atoms with van der Waals surface area (Å²) in [6, 6.07) is 33.3. The largest absolute Gasteiger partial charge is 0.493 e. The van der Waals surface area contributed by atoms with E-state index in [9.17, 15) is 0 Å². The maximum atomic E-state index is 6.82. The normalized spacial score (nSPS) is 12.4. The van der Waals surface area contributed by atoms with Crippen molar-refractivity contribution in [3.8, 4) is 23.0 Å². The summed E-state index contributed by atoms with van der Waals surface area (Å²) in [5.74, 6) is 3.88. The second-order valence-corrected chi connectivity index (χ2v) is 15.9. The second kappa shape index (κ2) is 20.8. The number of para-hydroxylation sites is 2. The molecule has 0 amide bonds. The lowest BCUT2D eigenvalue weighted by molar-refractivity contribution is 0.270.